The molecule has 1 aromatic carbocycles. The van der Waals surface area contributed by atoms with Crippen LogP contribution in [0.15, 0.2) is 28.8 Å². The van der Waals surface area contributed by atoms with Crippen LogP contribution < -0.4 is 5.32 Å². The van der Waals surface area contributed by atoms with E-state index in [1.807, 2.05) is 0 Å². The van der Waals surface area contributed by atoms with Gasteiger partial charge in [0, 0.05) is 17.7 Å². The molecule has 0 aliphatic carbocycles. The van der Waals surface area contributed by atoms with Crippen LogP contribution in [0.4, 0.5) is 13.2 Å². The quantitative estimate of drug-likeness (QED) is 0.852. The number of amides is 1. The topological polar surface area (TPSA) is 105 Å². The maximum Gasteiger partial charge on any atom is 0.471 e. The van der Waals surface area contributed by atoms with Crippen molar-refractivity contribution < 1.29 is 32.4 Å². The third kappa shape index (κ3) is 4.34. The van der Waals surface area contributed by atoms with Gasteiger partial charge in [0.1, 0.15) is 0 Å². The summed E-state index contributed by atoms with van der Waals surface area (Å²) >= 11 is 0. The fourth-order valence-corrected chi connectivity index (χ4v) is 1.71. The van der Waals surface area contributed by atoms with E-state index in [4.69, 9.17) is 5.11 Å². The normalized spacial score (nSPS) is 12.0. The standard InChI is InChI=1S/C15H14F3N3O4/c1-14(2,13(23)24)7-19-11(22)9-5-3-8(4-6-9)10-20-12(25-21-10)15(16,17)18/h3-6H,7H2,1-2H3,(H,19,22)(H,23,24). The average molecular weight is 357 g/mol. The minimum atomic E-state index is -4.73. The number of benzene rings is 1. The molecule has 2 aromatic rings. The van der Waals surface area contributed by atoms with E-state index in [1.54, 1.807) is 0 Å². The lowest BCUT2D eigenvalue weighted by molar-refractivity contribution is -0.159. The van der Waals surface area contributed by atoms with Gasteiger partial charge in [-0.3, -0.25) is 9.59 Å². The number of aromatic nitrogens is 2. The molecular formula is C15H14F3N3O4. The molecule has 134 valence electrons. The van der Waals surface area contributed by atoms with Crippen molar-refractivity contribution in [2.45, 2.75) is 20.0 Å². The maximum atomic E-state index is 12.4. The second kappa shape index (κ2) is 6.54. The minimum absolute atomic E-state index is 0.0807. The Bertz CT molecular complexity index is 782. The lowest BCUT2D eigenvalue weighted by Crippen LogP contribution is -2.38. The highest BCUT2D eigenvalue weighted by atomic mass is 19.4. The molecule has 10 heteroatoms. The molecule has 0 saturated carbocycles. The van der Waals surface area contributed by atoms with Crippen LogP contribution in [0.3, 0.4) is 0 Å². The van der Waals surface area contributed by atoms with Crippen LogP contribution in [0.5, 0.6) is 0 Å². The summed E-state index contributed by atoms with van der Waals surface area (Å²) in [5, 5.41) is 14.7. The predicted octanol–water partition coefficient (Wildman–Crippen LogP) is 2.60. The number of hydrogen-bond acceptors (Lipinski definition) is 5. The number of nitrogens with one attached hydrogen (secondary N) is 1. The van der Waals surface area contributed by atoms with Gasteiger partial charge >= 0.3 is 18.0 Å². The summed E-state index contributed by atoms with van der Waals surface area (Å²) in [6.07, 6.45) is -4.73. The number of alkyl halides is 3. The average Bonchev–Trinajstić information content (AvgIpc) is 3.03. The minimum Gasteiger partial charge on any atom is -0.481 e. The number of nitrogens with zero attached hydrogens (tertiary/aromatic N) is 2. The Kier molecular flexibility index (Phi) is 4.82. The first-order valence-electron chi connectivity index (χ1n) is 7.03. The smallest absolute Gasteiger partial charge is 0.471 e. The second-order valence-electron chi connectivity index (χ2n) is 5.87. The Labute approximate surface area is 139 Å². The lowest BCUT2D eigenvalue weighted by atomic mass is 9.94. The van der Waals surface area contributed by atoms with Crippen molar-refractivity contribution in [1.29, 1.82) is 0 Å². The number of carboxylic acids is 1. The Morgan fingerprint density at radius 3 is 2.28 bits per heavy atom. The molecule has 0 radical (unpaired) electrons. The van der Waals surface area contributed by atoms with E-state index in [2.05, 4.69) is 20.0 Å². The highest BCUT2D eigenvalue weighted by Gasteiger charge is 2.38. The summed E-state index contributed by atoms with van der Waals surface area (Å²) in [6.45, 7) is 2.85. The molecule has 0 saturated heterocycles. The molecule has 0 unspecified atom stereocenters. The van der Waals surface area contributed by atoms with Gasteiger partial charge in [-0.25, -0.2) is 0 Å². The van der Waals surface area contributed by atoms with Gasteiger partial charge in [0.05, 0.1) is 5.41 Å². The Hall–Kier alpha value is -2.91. The number of aliphatic carboxylic acids is 1. The Balaban J connectivity index is 2.08. The molecule has 0 aliphatic rings. The third-order valence-corrected chi connectivity index (χ3v) is 3.34. The van der Waals surface area contributed by atoms with Gasteiger partial charge in [-0.05, 0) is 26.0 Å². The van der Waals surface area contributed by atoms with Crippen molar-refractivity contribution in [2.24, 2.45) is 5.41 Å². The molecule has 2 N–H and O–H groups in total. The fraction of sp³-hybridized carbons (Fsp3) is 0.333. The van der Waals surface area contributed by atoms with E-state index in [0.29, 0.717) is 0 Å². The van der Waals surface area contributed by atoms with Crippen molar-refractivity contribution >= 4 is 11.9 Å². The number of hydrogen-bond donors (Lipinski definition) is 2. The lowest BCUT2D eigenvalue weighted by Gasteiger charge is -2.19. The molecule has 7 nitrogen and oxygen atoms in total. The SMILES string of the molecule is CC(C)(CNC(=O)c1ccc(-c2noc(C(F)(F)F)n2)cc1)C(=O)O. The van der Waals surface area contributed by atoms with Gasteiger partial charge in [-0.2, -0.15) is 18.2 Å². The van der Waals surface area contributed by atoms with E-state index < -0.39 is 29.4 Å². The van der Waals surface area contributed by atoms with Crippen LogP contribution >= 0.6 is 0 Å². The molecule has 1 heterocycles. The van der Waals surface area contributed by atoms with E-state index in [-0.39, 0.29) is 23.5 Å². The Morgan fingerprint density at radius 1 is 1.20 bits per heavy atom. The number of carboxylic acid groups (broad SMARTS) is 1. The summed E-state index contributed by atoms with van der Waals surface area (Å²) < 4.78 is 41.4. The summed E-state index contributed by atoms with van der Waals surface area (Å²) in [6, 6.07) is 5.45. The molecule has 1 amide bonds. The van der Waals surface area contributed by atoms with Crippen molar-refractivity contribution in [2.75, 3.05) is 6.54 Å². The first kappa shape index (κ1) is 18.4. The second-order valence-corrected chi connectivity index (χ2v) is 5.87. The zero-order valence-corrected chi connectivity index (χ0v) is 13.2. The number of carbonyl (C=O) groups excluding carboxylic acids is 1. The zero-order chi connectivity index (χ0) is 18.8. The van der Waals surface area contributed by atoms with E-state index in [9.17, 15) is 22.8 Å². The van der Waals surface area contributed by atoms with E-state index >= 15 is 0 Å². The van der Waals surface area contributed by atoms with Crippen molar-refractivity contribution in [1.82, 2.24) is 15.5 Å². The van der Waals surface area contributed by atoms with Gasteiger partial charge in [-0.15, -0.1) is 0 Å². The largest absolute Gasteiger partial charge is 0.481 e. The van der Waals surface area contributed by atoms with Crippen LogP contribution in [0.25, 0.3) is 11.4 Å². The Morgan fingerprint density at radius 2 is 1.80 bits per heavy atom. The molecule has 0 bridgehead atoms. The van der Waals surface area contributed by atoms with E-state index in [1.165, 1.54) is 38.1 Å². The third-order valence-electron chi connectivity index (χ3n) is 3.34. The number of carbonyl (C=O) groups is 2. The van der Waals surface area contributed by atoms with Crippen molar-refractivity contribution in [3.63, 3.8) is 0 Å². The molecule has 0 aliphatic heterocycles. The van der Waals surface area contributed by atoms with Crippen LogP contribution in [0.1, 0.15) is 30.1 Å². The van der Waals surface area contributed by atoms with Crippen LogP contribution in [0.2, 0.25) is 0 Å². The van der Waals surface area contributed by atoms with Crippen molar-refractivity contribution in [3.8, 4) is 11.4 Å². The van der Waals surface area contributed by atoms with Gasteiger partial charge in [0.2, 0.25) is 5.82 Å². The summed E-state index contributed by atoms with van der Waals surface area (Å²) in [5.41, 5.74) is -0.681. The molecule has 0 fully saturated rings. The summed E-state index contributed by atoms with van der Waals surface area (Å²) in [5.74, 6) is -3.28. The fourth-order valence-electron chi connectivity index (χ4n) is 1.71. The van der Waals surface area contributed by atoms with Gasteiger partial charge in [-0.1, -0.05) is 17.3 Å². The molecular weight excluding hydrogens is 343 g/mol. The molecule has 1 aromatic heterocycles. The van der Waals surface area contributed by atoms with Crippen LogP contribution in [0, 0.1) is 5.41 Å². The summed E-state index contributed by atoms with van der Waals surface area (Å²) in [4.78, 5) is 26.2. The molecule has 2 rings (SSSR count). The van der Waals surface area contributed by atoms with Gasteiger partial charge < -0.3 is 14.9 Å². The first-order valence-corrected chi connectivity index (χ1v) is 7.03. The maximum absolute atomic E-state index is 12.4. The molecule has 0 atom stereocenters. The van der Waals surface area contributed by atoms with Gasteiger partial charge in [0.25, 0.3) is 5.91 Å². The number of halogens is 3. The highest BCUT2D eigenvalue weighted by Crippen LogP contribution is 2.29. The number of rotatable bonds is 5. The van der Waals surface area contributed by atoms with Gasteiger partial charge in [0.15, 0.2) is 0 Å². The first-order chi connectivity index (χ1) is 11.5. The van der Waals surface area contributed by atoms with E-state index in [0.717, 1.165) is 0 Å². The monoisotopic (exact) mass is 357 g/mol. The summed E-state index contributed by atoms with van der Waals surface area (Å²) in [7, 11) is 0. The molecule has 25 heavy (non-hydrogen) atoms. The highest BCUT2D eigenvalue weighted by molar-refractivity contribution is 5.94. The van der Waals surface area contributed by atoms with Crippen LogP contribution in [-0.2, 0) is 11.0 Å². The molecule has 0 spiro atoms. The van der Waals surface area contributed by atoms with Crippen molar-refractivity contribution in [3.05, 3.63) is 35.7 Å². The van der Waals surface area contributed by atoms with Crippen LogP contribution in [-0.4, -0.2) is 33.7 Å². The predicted molar refractivity (Wildman–Crippen MR) is 78.5 cm³/mol. The zero-order valence-electron chi connectivity index (χ0n) is 13.2.